The minimum absolute atomic E-state index is 0.416. The van der Waals surface area contributed by atoms with Gasteiger partial charge in [-0.15, -0.1) is 0 Å². The first-order valence-electron chi connectivity index (χ1n) is 4.18. The van der Waals surface area contributed by atoms with Crippen LogP contribution in [0.2, 0.25) is 0 Å². The SMILES string of the molecule is CCCCC1(OC(=O)O)COC1. The first kappa shape index (κ1) is 9.32. The smallest absolute Gasteiger partial charge is 0.450 e. The molecule has 1 aliphatic rings. The van der Waals surface area contributed by atoms with Crippen LogP contribution in [0.5, 0.6) is 0 Å². The van der Waals surface area contributed by atoms with Gasteiger partial charge in [0.05, 0.1) is 13.2 Å². The molecule has 0 spiro atoms. The van der Waals surface area contributed by atoms with Crippen molar-refractivity contribution in [3.05, 3.63) is 0 Å². The van der Waals surface area contributed by atoms with E-state index in [1.165, 1.54) is 0 Å². The third-order valence-electron chi connectivity index (χ3n) is 2.02. The monoisotopic (exact) mass is 174 g/mol. The van der Waals surface area contributed by atoms with Crippen LogP contribution in [-0.2, 0) is 9.47 Å². The average molecular weight is 174 g/mol. The molecule has 0 radical (unpaired) electrons. The van der Waals surface area contributed by atoms with E-state index >= 15 is 0 Å². The molecular formula is C8H14O4. The van der Waals surface area contributed by atoms with Crippen LogP contribution in [0.4, 0.5) is 4.79 Å². The number of hydrogen-bond donors (Lipinski definition) is 1. The second-order valence-electron chi connectivity index (χ2n) is 3.15. The summed E-state index contributed by atoms with van der Waals surface area (Å²) >= 11 is 0. The highest BCUT2D eigenvalue weighted by atomic mass is 16.7. The van der Waals surface area contributed by atoms with E-state index in [4.69, 9.17) is 14.6 Å². The van der Waals surface area contributed by atoms with Gasteiger partial charge >= 0.3 is 6.16 Å². The van der Waals surface area contributed by atoms with E-state index in [0.29, 0.717) is 13.2 Å². The van der Waals surface area contributed by atoms with E-state index in [2.05, 4.69) is 6.92 Å². The Balaban J connectivity index is 2.34. The predicted octanol–water partition coefficient (Wildman–Crippen LogP) is 1.64. The van der Waals surface area contributed by atoms with Crippen molar-refractivity contribution in [1.82, 2.24) is 0 Å². The van der Waals surface area contributed by atoms with Crippen LogP contribution in [0.3, 0.4) is 0 Å². The van der Waals surface area contributed by atoms with Crippen LogP contribution >= 0.6 is 0 Å². The Hall–Kier alpha value is -0.770. The lowest BCUT2D eigenvalue weighted by Gasteiger charge is -2.39. The minimum atomic E-state index is -1.20. The lowest BCUT2D eigenvalue weighted by molar-refractivity contribution is -0.189. The second-order valence-corrected chi connectivity index (χ2v) is 3.15. The summed E-state index contributed by atoms with van der Waals surface area (Å²) in [6.07, 6.45) is 1.60. The standard InChI is InChI=1S/C8H14O4/c1-2-3-4-8(5-11-6-8)12-7(9)10/h2-6H2,1H3,(H,9,10). The summed E-state index contributed by atoms with van der Waals surface area (Å²) < 4.78 is 9.72. The largest absolute Gasteiger partial charge is 0.506 e. The van der Waals surface area contributed by atoms with Gasteiger partial charge in [0.2, 0.25) is 0 Å². The summed E-state index contributed by atoms with van der Waals surface area (Å²) in [6, 6.07) is 0. The van der Waals surface area contributed by atoms with Gasteiger partial charge in [-0.05, 0) is 12.8 Å². The summed E-state index contributed by atoms with van der Waals surface area (Å²) in [5.74, 6) is 0. The molecule has 4 heteroatoms. The van der Waals surface area contributed by atoms with Gasteiger partial charge in [-0.25, -0.2) is 4.79 Å². The summed E-state index contributed by atoms with van der Waals surface area (Å²) in [7, 11) is 0. The number of unbranched alkanes of at least 4 members (excludes halogenated alkanes) is 1. The fourth-order valence-electron chi connectivity index (χ4n) is 1.27. The molecule has 0 atom stereocenters. The van der Waals surface area contributed by atoms with E-state index in [0.717, 1.165) is 19.3 Å². The van der Waals surface area contributed by atoms with E-state index < -0.39 is 11.8 Å². The highest BCUT2D eigenvalue weighted by Gasteiger charge is 2.41. The van der Waals surface area contributed by atoms with Crippen molar-refractivity contribution >= 4 is 6.16 Å². The maximum Gasteiger partial charge on any atom is 0.506 e. The van der Waals surface area contributed by atoms with E-state index in [9.17, 15) is 4.79 Å². The van der Waals surface area contributed by atoms with Gasteiger partial charge in [-0.3, -0.25) is 0 Å². The summed E-state index contributed by atoms with van der Waals surface area (Å²) in [4.78, 5) is 10.3. The molecule has 0 aromatic heterocycles. The molecule has 70 valence electrons. The molecular weight excluding hydrogens is 160 g/mol. The minimum Gasteiger partial charge on any atom is -0.450 e. The van der Waals surface area contributed by atoms with Gasteiger partial charge in [0.1, 0.15) is 0 Å². The fourth-order valence-corrected chi connectivity index (χ4v) is 1.27. The van der Waals surface area contributed by atoms with Crippen LogP contribution in [0.1, 0.15) is 26.2 Å². The number of carbonyl (C=O) groups is 1. The normalized spacial score (nSPS) is 19.8. The lowest BCUT2D eigenvalue weighted by atomic mass is 9.95. The first-order chi connectivity index (χ1) is 5.68. The van der Waals surface area contributed by atoms with Gasteiger partial charge in [-0.1, -0.05) is 13.3 Å². The van der Waals surface area contributed by atoms with Crippen molar-refractivity contribution in [3.8, 4) is 0 Å². The van der Waals surface area contributed by atoms with Crippen LogP contribution < -0.4 is 0 Å². The number of ether oxygens (including phenoxy) is 2. The molecule has 0 amide bonds. The summed E-state index contributed by atoms with van der Waals surface area (Å²) in [6.45, 7) is 2.90. The maximum absolute atomic E-state index is 10.3. The van der Waals surface area contributed by atoms with E-state index in [-0.39, 0.29) is 0 Å². The molecule has 4 nitrogen and oxygen atoms in total. The third-order valence-corrected chi connectivity index (χ3v) is 2.02. The summed E-state index contributed by atoms with van der Waals surface area (Å²) in [5.41, 5.74) is -0.526. The Morgan fingerprint density at radius 1 is 1.67 bits per heavy atom. The van der Waals surface area contributed by atoms with Gasteiger partial charge in [0.15, 0.2) is 5.60 Å². The maximum atomic E-state index is 10.3. The predicted molar refractivity (Wildman–Crippen MR) is 42.2 cm³/mol. The molecule has 1 N–H and O–H groups in total. The molecule has 1 fully saturated rings. The highest BCUT2D eigenvalue weighted by molar-refractivity contribution is 5.57. The van der Waals surface area contributed by atoms with Crippen molar-refractivity contribution in [3.63, 3.8) is 0 Å². The molecule has 12 heavy (non-hydrogen) atoms. The van der Waals surface area contributed by atoms with Crippen molar-refractivity contribution < 1.29 is 19.4 Å². The Labute approximate surface area is 71.5 Å². The molecule has 1 rings (SSSR count). The van der Waals surface area contributed by atoms with Crippen LogP contribution in [0.15, 0.2) is 0 Å². The Morgan fingerprint density at radius 2 is 2.33 bits per heavy atom. The van der Waals surface area contributed by atoms with Gasteiger partial charge in [0, 0.05) is 0 Å². The Kier molecular flexibility index (Phi) is 2.92. The fraction of sp³-hybridized carbons (Fsp3) is 0.875. The summed E-state index contributed by atoms with van der Waals surface area (Å²) in [5, 5.41) is 8.44. The zero-order chi connectivity index (χ0) is 9.03. The van der Waals surface area contributed by atoms with Gasteiger partial charge < -0.3 is 14.6 Å². The number of carboxylic acid groups (broad SMARTS) is 1. The van der Waals surface area contributed by atoms with Gasteiger partial charge in [0.25, 0.3) is 0 Å². The highest BCUT2D eigenvalue weighted by Crippen LogP contribution is 2.27. The van der Waals surface area contributed by atoms with E-state index in [1.54, 1.807) is 0 Å². The number of hydrogen-bond acceptors (Lipinski definition) is 3. The van der Waals surface area contributed by atoms with Crippen LogP contribution in [0.25, 0.3) is 0 Å². The molecule has 0 aromatic rings. The molecule has 0 saturated carbocycles. The zero-order valence-electron chi connectivity index (χ0n) is 7.21. The van der Waals surface area contributed by atoms with Crippen molar-refractivity contribution in [1.29, 1.82) is 0 Å². The Morgan fingerprint density at radius 3 is 2.67 bits per heavy atom. The quantitative estimate of drug-likeness (QED) is 0.658. The van der Waals surface area contributed by atoms with Crippen LogP contribution in [0, 0.1) is 0 Å². The molecule has 0 aliphatic carbocycles. The van der Waals surface area contributed by atoms with E-state index in [1.807, 2.05) is 0 Å². The van der Waals surface area contributed by atoms with Crippen molar-refractivity contribution in [2.24, 2.45) is 0 Å². The van der Waals surface area contributed by atoms with Crippen LogP contribution in [-0.4, -0.2) is 30.1 Å². The van der Waals surface area contributed by atoms with Crippen molar-refractivity contribution in [2.75, 3.05) is 13.2 Å². The average Bonchev–Trinajstić information content (AvgIpc) is 1.94. The molecule has 0 aromatic carbocycles. The molecule has 1 heterocycles. The third kappa shape index (κ3) is 2.11. The lowest BCUT2D eigenvalue weighted by Crippen LogP contribution is -2.52. The molecule has 0 bridgehead atoms. The second kappa shape index (κ2) is 3.76. The van der Waals surface area contributed by atoms with Gasteiger partial charge in [-0.2, -0.15) is 0 Å². The molecule has 1 saturated heterocycles. The molecule has 0 unspecified atom stereocenters. The first-order valence-corrected chi connectivity index (χ1v) is 4.18. The van der Waals surface area contributed by atoms with Crippen molar-refractivity contribution in [2.45, 2.75) is 31.8 Å². The number of rotatable bonds is 4. The Bertz CT molecular complexity index is 162. The zero-order valence-corrected chi connectivity index (χ0v) is 7.21. The topological polar surface area (TPSA) is 55.8 Å². The molecule has 1 aliphatic heterocycles.